The first-order chi connectivity index (χ1) is 14.5. The number of carbonyl (C=O) groups is 1. The average molecular weight is 409 g/mol. The molecule has 1 fully saturated rings. The standard InChI is InChI=1S/C22H27N5O3/c1-14-11-24-20(12-23-14)25-21(28)16-6-4-15(5-7-16)13-27-19-10-17(30-3)8-9-18(19)26(2)22(27)29/h8-12,15-16H,4-7,13H2,1-3H3,(H,24,25,28). The smallest absolute Gasteiger partial charge is 0.328 e. The molecule has 158 valence electrons. The summed E-state index contributed by atoms with van der Waals surface area (Å²) in [6.45, 7) is 2.51. The van der Waals surface area contributed by atoms with Crippen LogP contribution in [-0.2, 0) is 18.4 Å². The minimum atomic E-state index is -0.0336. The van der Waals surface area contributed by atoms with Gasteiger partial charge in [-0.1, -0.05) is 0 Å². The summed E-state index contributed by atoms with van der Waals surface area (Å²) >= 11 is 0. The Morgan fingerprint density at radius 1 is 1.17 bits per heavy atom. The number of hydrogen-bond donors (Lipinski definition) is 1. The highest BCUT2D eigenvalue weighted by Gasteiger charge is 2.27. The molecule has 3 aromatic rings. The molecule has 2 heterocycles. The third kappa shape index (κ3) is 3.94. The van der Waals surface area contributed by atoms with Gasteiger partial charge in [0.15, 0.2) is 5.82 Å². The van der Waals surface area contributed by atoms with Crippen molar-refractivity contribution in [2.45, 2.75) is 39.2 Å². The summed E-state index contributed by atoms with van der Waals surface area (Å²) in [5, 5.41) is 2.87. The highest BCUT2D eigenvalue weighted by molar-refractivity contribution is 5.91. The molecular weight excluding hydrogens is 382 g/mol. The zero-order valence-electron chi connectivity index (χ0n) is 17.6. The molecule has 0 atom stereocenters. The first-order valence-electron chi connectivity index (χ1n) is 10.3. The fourth-order valence-corrected chi connectivity index (χ4v) is 4.24. The first-order valence-corrected chi connectivity index (χ1v) is 10.3. The van der Waals surface area contributed by atoms with Crippen molar-refractivity contribution in [1.29, 1.82) is 0 Å². The molecule has 0 bridgehead atoms. The molecule has 0 saturated heterocycles. The summed E-state index contributed by atoms with van der Waals surface area (Å²) in [5.41, 5.74) is 2.58. The predicted molar refractivity (Wildman–Crippen MR) is 115 cm³/mol. The van der Waals surface area contributed by atoms with Crippen LogP contribution in [0.3, 0.4) is 0 Å². The molecule has 0 aliphatic heterocycles. The SMILES string of the molecule is COc1ccc2c(c1)n(CC1CCC(C(=O)Nc3cnc(C)cn3)CC1)c(=O)n2C. The largest absolute Gasteiger partial charge is 0.497 e. The molecule has 1 aliphatic carbocycles. The summed E-state index contributed by atoms with van der Waals surface area (Å²) in [5.74, 6) is 1.56. The number of carbonyl (C=O) groups excluding carboxylic acids is 1. The molecule has 1 aromatic carbocycles. The Labute approximate surface area is 174 Å². The van der Waals surface area contributed by atoms with Crippen molar-refractivity contribution in [2.24, 2.45) is 18.9 Å². The summed E-state index contributed by atoms with van der Waals surface area (Å²) in [6, 6.07) is 5.70. The maximum atomic E-state index is 12.8. The Balaban J connectivity index is 1.41. The molecule has 8 nitrogen and oxygen atoms in total. The topological polar surface area (TPSA) is 91.0 Å². The Bertz CT molecular complexity index is 1110. The van der Waals surface area contributed by atoms with Gasteiger partial charge in [-0.2, -0.15) is 0 Å². The molecule has 1 saturated carbocycles. The van der Waals surface area contributed by atoms with Crippen LogP contribution < -0.4 is 15.7 Å². The predicted octanol–water partition coefficient (Wildman–Crippen LogP) is 2.89. The molecule has 2 aromatic heterocycles. The zero-order valence-corrected chi connectivity index (χ0v) is 17.6. The number of ether oxygens (including phenoxy) is 1. The molecule has 1 N–H and O–H groups in total. The number of fused-ring (bicyclic) bond motifs is 1. The maximum Gasteiger partial charge on any atom is 0.328 e. The number of rotatable bonds is 5. The molecule has 8 heteroatoms. The number of hydrogen-bond acceptors (Lipinski definition) is 5. The van der Waals surface area contributed by atoms with Crippen molar-refractivity contribution < 1.29 is 9.53 Å². The van der Waals surface area contributed by atoms with Crippen LogP contribution in [0.2, 0.25) is 0 Å². The zero-order chi connectivity index (χ0) is 21.3. The molecule has 1 aliphatic rings. The van der Waals surface area contributed by atoms with Crippen LogP contribution in [0, 0.1) is 18.8 Å². The lowest BCUT2D eigenvalue weighted by atomic mass is 9.81. The van der Waals surface area contributed by atoms with Gasteiger partial charge in [-0.15, -0.1) is 0 Å². The van der Waals surface area contributed by atoms with Crippen molar-refractivity contribution in [3.05, 3.63) is 46.8 Å². The molecule has 30 heavy (non-hydrogen) atoms. The van der Waals surface area contributed by atoms with Crippen LogP contribution in [0.25, 0.3) is 11.0 Å². The Kier molecular flexibility index (Phi) is 5.57. The number of aromatic nitrogens is 4. The highest BCUT2D eigenvalue weighted by atomic mass is 16.5. The number of imidazole rings is 1. The minimum absolute atomic E-state index is 0.00123. The van der Waals surface area contributed by atoms with Crippen molar-refractivity contribution >= 4 is 22.8 Å². The lowest BCUT2D eigenvalue weighted by Gasteiger charge is -2.27. The molecule has 0 radical (unpaired) electrons. The van der Waals surface area contributed by atoms with Gasteiger partial charge in [-0.25, -0.2) is 9.78 Å². The third-order valence-corrected chi connectivity index (χ3v) is 6.04. The molecule has 4 rings (SSSR count). The number of nitrogens with one attached hydrogen (secondary N) is 1. The van der Waals surface area contributed by atoms with E-state index in [9.17, 15) is 9.59 Å². The van der Waals surface area contributed by atoms with Crippen molar-refractivity contribution in [3.8, 4) is 5.75 Å². The normalized spacial score (nSPS) is 19.0. The van der Waals surface area contributed by atoms with Crippen molar-refractivity contribution in [1.82, 2.24) is 19.1 Å². The van der Waals surface area contributed by atoms with Crippen LogP contribution in [0.15, 0.2) is 35.4 Å². The second-order valence-corrected chi connectivity index (χ2v) is 8.06. The van der Waals surface area contributed by atoms with E-state index in [0.717, 1.165) is 48.2 Å². The average Bonchev–Trinajstić information content (AvgIpc) is 3.00. The number of aryl methyl sites for hydroxylation is 2. The van der Waals surface area contributed by atoms with E-state index in [1.165, 1.54) is 0 Å². The summed E-state index contributed by atoms with van der Waals surface area (Å²) < 4.78 is 8.85. The molecular formula is C22H27N5O3. The van der Waals surface area contributed by atoms with Gasteiger partial charge in [0.05, 0.1) is 36.2 Å². The van der Waals surface area contributed by atoms with Gasteiger partial charge < -0.3 is 10.1 Å². The number of anilines is 1. The first kappa shape index (κ1) is 20.1. The highest BCUT2D eigenvalue weighted by Crippen LogP contribution is 2.31. The summed E-state index contributed by atoms with van der Waals surface area (Å²) in [6.07, 6.45) is 6.65. The van der Waals surface area contributed by atoms with E-state index in [-0.39, 0.29) is 17.5 Å². The maximum absolute atomic E-state index is 12.8. The van der Waals surface area contributed by atoms with Crippen molar-refractivity contribution in [2.75, 3.05) is 12.4 Å². The van der Waals surface area contributed by atoms with Crippen LogP contribution in [0.1, 0.15) is 31.4 Å². The minimum Gasteiger partial charge on any atom is -0.497 e. The summed E-state index contributed by atoms with van der Waals surface area (Å²) in [4.78, 5) is 33.7. The number of amides is 1. The van der Waals surface area contributed by atoms with E-state index in [2.05, 4.69) is 15.3 Å². The molecule has 1 amide bonds. The Morgan fingerprint density at radius 2 is 1.93 bits per heavy atom. The van der Waals surface area contributed by atoms with Gasteiger partial charge in [0.25, 0.3) is 0 Å². The van der Waals surface area contributed by atoms with E-state index >= 15 is 0 Å². The van der Waals surface area contributed by atoms with Crippen LogP contribution >= 0.6 is 0 Å². The van der Waals surface area contributed by atoms with Gasteiger partial charge in [0.1, 0.15) is 5.75 Å². The van der Waals surface area contributed by atoms with E-state index in [4.69, 9.17) is 4.74 Å². The van der Waals surface area contributed by atoms with E-state index in [0.29, 0.717) is 18.3 Å². The van der Waals surface area contributed by atoms with E-state index < -0.39 is 0 Å². The van der Waals surface area contributed by atoms with E-state index in [1.807, 2.05) is 29.7 Å². The molecule has 0 spiro atoms. The summed E-state index contributed by atoms with van der Waals surface area (Å²) in [7, 11) is 3.42. The second kappa shape index (κ2) is 8.30. The van der Waals surface area contributed by atoms with Gasteiger partial charge in [0, 0.05) is 25.6 Å². The Morgan fingerprint density at radius 3 is 2.60 bits per heavy atom. The van der Waals surface area contributed by atoms with Gasteiger partial charge in [-0.3, -0.25) is 18.9 Å². The quantitative estimate of drug-likeness (QED) is 0.700. The molecule has 0 unspecified atom stereocenters. The monoisotopic (exact) mass is 409 g/mol. The number of methoxy groups -OCH3 is 1. The number of nitrogens with zero attached hydrogens (tertiary/aromatic N) is 4. The van der Waals surface area contributed by atoms with Crippen molar-refractivity contribution in [3.63, 3.8) is 0 Å². The van der Waals surface area contributed by atoms with Crippen LogP contribution in [0.5, 0.6) is 5.75 Å². The van der Waals surface area contributed by atoms with Gasteiger partial charge in [0.2, 0.25) is 5.91 Å². The Hall–Kier alpha value is -3.16. The lowest BCUT2D eigenvalue weighted by Crippen LogP contribution is -2.31. The second-order valence-electron chi connectivity index (χ2n) is 8.06. The third-order valence-electron chi connectivity index (χ3n) is 6.04. The van der Waals surface area contributed by atoms with Crippen LogP contribution in [0.4, 0.5) is 5.82 Å². The van der Waals surface area contributed by atoms with Gasteiger partial charge >= 0.3 is 5.69 Å². The lowest BCUT2D eigenvalue weighted by molar-refractivity contribution is -0.121. The van der Waals surface area contributed by atoms with E-state index in [1.54, 1.807) is 31.1 Å². The number of benzene rings is 1. The fourth-order valence-electron chi connectivity index (χ4n) is 4.24. The van der Waals surface area contributed by atoms with Crippen LogP contribution in [-0.4, -0.2) is 32.1 Å². The fraction of sp³-hybridized carbons (Fsp3) is 0.455. The van der Waals surface area contributed by atoms with Gasteiger partial charge in [-0.05, 0) is 50.7 Å².